The third kappa shape index (κ3) is 4.12. The molecule has 2 rings (SSSR count). The maximum atomic E-state index is 11.7. The summed E-state index contributed by atoms with van der Waals surface area (Å²) < 4.78 is 27.3. The number of methoxy groups -OCH3 is 1. The van der Waals surface area contributed by atoms with Gasteiger partial charge >= 0.3 is 0 Å². The van der Waals surface area contributed by atoms with Crippen LogP contribution in [-0.2, 0) is 19.4 Å². The Hall–Kier alpha value is -1.40. The lowest BCUT2D eigenvalue weighted by Gasteiger charge is -2.23. The van der Waals surface area contributed by atoms with Crippen molar-refractivity contribution in [3.05, 3.63) is 35.9 Å². The second-order valence-electron chi connectivity index (χ2n) is 3.80. The molecule has 0 aliphatic carbocycles. The smallest absolute Gasteiger partial charge is 0.292 e. The van der Waals surface area contributed by atoms with Crippen LogP contribution >= 0.6 is 0 Å². The molecule has 0 amide bonds. The van der Waals surface area contributed by atoms with Crippen LogP contribution in [-0.4, -0.2) is 40.8 Å². The molecule has 1 N–H and O–H groups in total. The SMILES string of the molecule is COC=O.O=S1(=O)CCNCC1c1ccccc1. The summed E-state index contributed by atoms with van der Waals surface area (Å²) in [6.45, 7) is 1.48. The van der Waals surface area contributed by atoms with E-state index in [1.54, 1.807) is 0 Å². The van der Waals surface area contributed by atoms with E-state index in [1.165, 1.54) is 7.11 Å². The van der Waals surface area contributed by atoms with Crippen LogP contribution in [0.1, 0.15) is 10.8 Å². The van der Waals surface area contributed by atoms with Crippen molar-refractivity contribution in [2.45, 2.75) is 5.25 Å². The Labute approximate surface area is 107 Å². The maximum Gasteiger partial charge on any atom is 0.292 e. The van der Waals surface area contributed by atoms with Gasteiger partial charge in [0.25, 0.3) is 6.47 Å². The van der Waals surface area contributed by atoms with Gasteiger partial charge in [-0.05, 0) is 5.56 Å². The predicted octanol–water partition coefficient (Wildman–Crippen LogP) is 0.535. The van der Waals surface area contributed by atoms with Gasteiger partial charge in [-0.1, -0.05) is 30.3 Å². The van der Waals surface area contributed by atoms with Crippen LogP contribution in [0.3, 0.4) is 0 Å². The fraction of sp³-hybridized carbons (Fsp3) is 0.417. The normalized spacial score (nSPS) is 21.3. The van der Waals surface area contributed by atoms with Crippen molar-refractivity contribution in [1.29, 1.82) is 0 Å². The van der Waals surface area contributed by atoms with Gasteiger partial charge in [0.2, 0.25) is 0 Å². The molecule has 1 atom stereocenters. The fourth-order valence-corrected chi connectivity index (χ4v) is 3.37. The zero-order valence-electron chi connectivity index (χ0n) is 10.2. The highest BCUT2D eigenvalue weighted by Crippen LogP contribution is 2.23. The first-order chi connectivity index (χ1) is 8.61. The lowest BCUT2D eigenvalue weighted by molar-refractivity contribution is -0.126. The van der Waals surface area contributed by atoms with Crippen LogP contribution in [0.15, 0.2) is 30.3 Å². The molecule has 1 aromatic rings. The molecule has 5 nitrogen and oxygen atoms in total. The first kappa shape index (κ1) is 14.7. The van der Waals surface area contributed by atoms with Gasteiger partial charge in [0.1, 0.15) is 0 Å². The van der Waals surface area contributed by atoms with E-state index in [0.29, 0.717) is 19.6 Å². The number of rotatable bonds is 2. The Balaban J connectivity index is 0.000000357. The van der Waals surface area contributed by atoms with Crippen molar-refractivity contribution >= 4 is 16.3 Å². The van der Waals surface area contributed by atoms with Crippen LogP contribution in [0.4, 0.5) is 0 Å². The molecule has 0 radical (unpaired) electrons. The second kappa shape index (κ2) is 7.13. The molecule has 0 bridgehead atoms. The van der Waals surface area contributed by atoms with Crippen LogP contribution in [0.5, 0.6) is 0 Å². The Kier molecular flexibility index (Phi) is 5.80. The predicted molar refractivity (Wildman–Crippen MR) is 68.9 cm³/mol. The van der Waals surface area contributed by atoms with E-state index < -0.39 is 9.84 Å². The minimum atomic E-state index is -2.94. The molecule has 0 spiro atoms. The monoisotopic (exact) mass is 271 g/mol. The number of hydrogen-bond donors (Lipinski definition) is 1. The Morgan fingerprint density at radius 1 is 1.33 bits per heavy atom. The Morgan fingerprint density at radius 3 is 2.44 bits per heavy atom. The number of nitrogens with one attached hydrogen (secondary N) is 1. The number of carbonyl (C=O) groups is 1. The van der Waals surface area contributed by atoms with E-state index in [-0.39, 0.29) is 11.0 Å². The number of carbonyl (C=O) groups excluding carboxylic acids is 1. The van der Waals surface area contributed by atoms with Gasteiger partial charge in [-0.15, -0.1) is 0 Å². The zero-order valence-corrected chi connectivity index (χ0v) is 11.0. The molecule has 1 aliphatic heterocycles. The van der Waals surface area contributed by atoms with Gasteiger partial charge in [0, 0.05) is 13.1 Å². The first-order valence-corrected chi connectivity index (χ1v) is 7.27. The molecule has 0 saturated carbocycles. The molecule has 1 heterocycles. The average molecular weight is 271 g/mol. The topological polar surface area (TPSA) is 72.5 Å². The van der Waals surface area contributed by atoms with Crippen LogP contribution < -0.4 is 5.32 Å². The molecule has 100 valence electrons. The average Bonchev–Trinajstić information content (AvgIpc) is 2.39. The highest BCUT2D eigenvalue weighted by atomic mass is 32.2. The molecule has 1 aromatic carbocycles. The van der Waals surface area contributed by atoms with E-state index in [1.807, 2.05) is 30.3 Å². The number of sulfone groups is 1. The summed E-state index contributed by atoms with van der Waals surface area (Å²) in [6, 6.07) is 9.38. The highest BCUT2D eigenvalue weighted by Gasteiger charge is 2.29. The second-order valence-corrected chi connectivity index (χ2v) is 6.11. The standard InChI is InChI=1S/C10H13NO2S.C2H4O2/c12-14(13)7-6-11-8-10(14)9-4-2-1-3-5-9;1-4-2-3/h1-5,10-11H,6-8H2;2H,1H3. The Morgan fingerprint density at radius 2 is 1.94 bits per heavy atom. The van der Waals surface area contributed by atoms with Gasteiger partial charge < -0.3 is 10.1 Å². The van der Waals surface area contributed by atoms with Crippen molar-refractivity contribution in [2.24, 2.45) is 0 Å². The van der Waals surface area contributed by atoms with Crippen LogP contribution in [0, 0.1) is 0 Å². The Bertz CT molecular complexity index is 458. The van der Waals surface area contributed by atoms with E-state index in [4.69, 9.17) is 4.79 Å². The third-order valence-corrected chi connectivity index (χ3v) is 4.67. The maximum absolute atomic E-state index is 11.7. The summed E-state index contributed by atoms with van der Waals surface area (Å²) in [6.07, 6.45) is 0. The summed E-state index contributed by atoms with van der Waals surface area (Å²) in [5, 5.41) is 2.75. The molecule has 1 unspecified atom stereocenters. The van der Waals surface area contributed by atoms with Crippen molar-refractivity contribution in [2.75, 3.05) is 26.0 Å². The highest BCUT2D eigenvalue weighted by molar-refractivity contribution is 7.91. The van der Waals surface area contributed by atoms with E-state index >= 15 is 0 Å². The largest absolute Gasteiger partial charge is 0.471 e. The molecular formula is C12H17NO4S. The number of ether oxygens (including phenoxy) is 1. The van der Waals surface area contributed by atoms with Crippen molar-refractivity contribution < 1.29 is 17.9 Å². The zero-order chi connectivity index (χ0) is 13.4. The van der Waals surface area contributed by atoms with Gasteiger partial charge in [0.15, 0.2) is 9.84 Å². The van der Waals surface area contributed by atoms with Crippen molar-refractivity contribution in [3.63, 3.8) is 0 Å². The number of hydrogen-bond acceptors (Lipinski definition) is 5. The molecular weight excluding hydrogens is 254 g/mol. The first-order valence-electron chi connectivity index (χ1n) is 5.55. The molecule has 1 saturated heterocycles. The summed E-state index contributed by atoms with van der Waals surface area (Å²) >= 11 is 0. The summed E-state index contributed by atoms with van der Waals surface area (Å²) in [5.74, 6) is 0.243. The van der Waals surface area contributed by atoms with Gasteiger partial charge in [-0.3, -0.25) is 4.79 Å². The van der Waals surface area contributed by atoms with Gasteiger partial charge in [-0.2, -0.15) is 0 Å². The van der Waals surface area contributed by atoms with E-state index in [9.17, 15) is 8.42 Å². The minimum Gasteiger partial charge on any atom is -0.471 e. The van der Waals surface area contributed by atoms with Gasteiger partial charge in [-0.25, -0.2) is 8.42 Å². The molecule has 6 heteroatoms. The van der Waals surface area contributed by atoms with Gasteiger partial charge in [0.05, 0.1) is 18.1 Å². The van der Waals surface area contributed by atoms with E-state index in [0.717, 1.165) is 5.56 Å². The fourth-order valence-electron chi connectivity index (χ4n) is 1.71. The minimum absolute atomic E-state index is 0.243. The molecule has 1 fully saturated rings. The summed E-state index contributed by atoms with van der Waals surface area (Å²) in [4.78, 5) is 8.95. The molecule has 0 aromatic heterocycles. The van der Waals surface area contributed by atoms with Crippen LogP contribution in [0.25, 0.3) is 0 Å². The third-order valence-electron chi connectivity index (χ3n) is 2.59. The molecule has 18 heavy (non-hydrogen) atoms. The van der Waals surface area contributed by atoms with E-state index in [2.05, 4.69) is 10.1 Å². The number of benzene rings is 1. The summed E-state index contributed by atoms with van der Waals surface area (Å²) in [7, 11) is -1.63. The quantitative estimate of drug-likeness (QED) is 0.795. The lowest BCUT2D eigenvalue weighted by atomic mass is 10.1. The van der Waals surface area contributed by atoms with Crippen molar-refractivity contribution in [1.82, 2.24) is 5.32 Å². The summed E-state index contributed by atoms with van der Waals surface area (Å²) in [5.41, 5.74) is 0.889. The lowest BCUT2D eigenvalue weighted by Crippen LogP contribution is -2.38. The van der Waals surface area contributed by atoms with Crippen molar-refractivity contribution in [3.8, 4) is 0 Å². The molecule has 1 aliphatic rings. The van der Waals surface area contributed by atoms with Crippen LogP contribution in [0.2, 0.25) is 0 Å².